The summed E-state index contributed by atoms with van der Waals surface area (Å²) in [5, 5.41) is 0. The lowest BCUT2D eigenvalue weighted by atomic mass is 10.1. The molecule has 11 heavy (non-hydrogen) atoms. The molecule has 2 heteroatoms. The van der Waals surface area contributed by atoms with Gasteiger partial charge in [0.05, 0.1) is 12.2 Å². The molecule has 0 aliphatic carbocycles. The van der Waals surface area contributed by atoms with Gasteiger partial charge >= 0.3 is 0 Å². The lowest BCUT2D eigenvalue weighted by molar-refractivity contribution is -0.0212. The van der Waals surface area contributed by atoms with Crippen molar-refractivity contribution in [3.8, 4) is 0 Å². The highest BCUT2D eigenvalue weighted by molar-refractivity contribution is 4.72. The fourth-order valence-electron chi connectivity index (χ4n) is 0.827. The first-order valence-corrected chi connectivity index (χ1v) is 4.19. The molecule has 0 rings (SSSR count). The molecule has 0 fully saturated rings. The summed E-state index contributed by atoms with van der Waals surface area (Å²) in [6.07, 6.45) is 0.842. The van der Waals surface area contributed by atoms with Gasteiger partial charge in [-0.2, -0.15) is 0 Å². The van der Waals surface area contributed by atoms with Crippen LogP contribution in [0.15, 0.2) is 0 Å². The Morgan fingerprint density at radius 2 is 1.82 bits per heavy atom. The summed E-state index contributed by atoms with van der Waals surface area (Å²) in [7, 11) is 0. The van der Waals surface area contributed by atoms with E-state index in [9.17, 15) is 0 Å². The van der Waals surface area contributed by atoms with Gasteiger partial charge in [0.2, 0.25) is 0 Å². The SMILES string of the molecule is CCO[CH]CC(C)(C)OCC. The minimum atomic E-state index is -0.0794. The maximum absolute atomic E-state index is 5.46. The quantitative estimate of drug-likeness (QED) is 0.554. The average molecular weight is 159 g/mol. The Kier molecular flexibility index (Phi) is 5.51. The molecule has 0 N–H and O–H groups in total. The third kappa shape index (κ3) is 6.32. The van der Waals surface area contributed by atoms with Crippen LogP contribution in [-0.4, -0.2) is 18.8 Å². The van der Waals surface area contributed by atoms with Gasteiger partial charge in [0.1, 0.15) is 0 Å². The molecule has 0 aromatic carbocycles. The number of rotatable bonds is 6. The van der Waals surface area contributed by atoms with Crippen molar-refractivity contribution < 1.29 is 9.47 Å². The standard InChI is InChI=1S/C9H19O2/c1-5-10-8-7-9(3,4)11-6-2/h8H,5-7H2,1-4H3. The smallest absolute Gasteiger partial charge is 0.0864 e. The molecule has 1 radical (unpaired) electrons. The van der Waals surface area contributed by atoms with Crippen LogP contribution in [0.1, 0.15) is 34.1 Å². The molecular formula is C9H19O2. The highest BCUT2D eigenvalue weighted by atomic mass is 16.5. The van der Waals surface area contributed by atoms with Crippen LogP contribution in [0.2, 0.25) is 0 Å². The van der Waals surface area contributed by atoms with Crippen LogP contribution in [0.3, 0.4) is 0 Å². The third-order valence-corrected chi connectivity index (χ3v) is 1.39. The summed E-state index contributed by atoms with van der Waals surface area (Å²) < 4.78 is 10.6. The third-order valence-electron chi connectivity index (χ3n) is 1.39. The normalized spacial score (nSPS) is 12.0. The zero-order valence-electron chi connectivity index (χ0n) is 8.02. The van der Waals surface area contributed by atoms with Gasteiger partial charge in [0, 0.05) is 19.6 Å². The second-order valence-electron chi connectivity index (χ2n) is 3.02. The molecular weight excluding hydrogens is 140 g/mol. The Balaban J connectivity index is 3.38. The summed E-state index contributed by atoms with van der Waals surface area (Å²) in [5.41, 5.74) is -0.0794. The summed E-state index contributed by atoms with van der Waals surface area (Å²) in [6, 6.07) is 0. The molecule has 0 amide bonds. The summed E-state index contributed by atoms with van der Waals surface area (Å²) >= 11 is 0. The minimum Gasteiger partial charge on any atom is -0.376 e. The number of hydrogen-bond acceptors (Lipinski definition) is 2. The van der Waals surface area contributed by atoms with Crippen LogP contribution in [0.25, 0.3) is 0 Å². The maximum atomic E-state index is 5.46. The van der Waals surface area contributed by atoms with Crippen molar-refractivity contribution in [2.45, 2.75) is 39.7 Å². The Morgan fingerprint density at radius 1 is 1.18 bits per heavy atom. The fraction of sp³-hybridized carbons (Fsp3) is 0.889. The molecule has 0 heterocycles. The number of hydrogen-bond donors (Lipinski definition) is 0. The van der Waals surface area contributed by atoms with Crippen molar-refractivity contribution in [2.24, 2.45) is 0 Å². The van der Waals surface area contributed by atoms with Crippen LogP contribution in [-0.2, 0) is 9.47 Å². The average Bonchev–Trinajstić information content (AvgIpc) is 1.87. The predicted octanol–water partition coefficient (Wildman–Crippen LogP) is 2.39. The van der Waals surface area contributed by atoms with Gasteiger partial charge in [-0.15, -0.1) is 0 Å². The molecule has 0 spiro atoms. The zero-order valence-corrected chi connectivity index (χ0v) is 8.02. The first-order valence-electron chi connectivity index (χ1n) is 4.19. The van der Waals surface area contributed by atoms with Crippen LogP contribution in [0.4, 0.5) is 0 Å². The Morgan fingerprint density at radius 3 is 2.27 bits per heavy atom. The van der Waals surface area contributed by atoms with Crippen molar-refractivity contribution in [1.29, 1.82) is 0 Å². The van der Waals surface area contributed by atoms with E-state index in [4.69, 9.17) is 9.47 Å². The van der Waals surface area contributed by atoms with Crippen molar-refractivity contribution in [3.05, 3.63) is 6.61 Å². The second kappa shape index (κ2) is 5.56. The Hall–Kier alpha value is -0.0800. The predicted molar refractivity (Wildman–Crippen MR) is 46.2 cm³/mol. The highest BCUT2D eigenvalue weighted by Gasteiger charge is 2.16. The van der Waals surface area contributed by atoms with Crippen molar-refractivity contribution in [3.63, 3.8) is 0 Å². The van der Waals surface area contributed by atoms with Gasteiger partial charge in [0.25, 0.3) is 0 Å². The Labute approximate surface area is 69.9 Å². The molecule has 0 aliphatic heterocycles. The number of ether oxygens (including phenoxy) is 2. The molecule has 67 valence electrons. The van der Waals surface area contributed by atoms with Crippen molar-refractivity contribution in [1.82, 2.24) is 0 Å². The minimum absolute atomic E-state index is 0.0794. The van der Waals surface area contributed by atoms with E-state index in [1.165, 1.54) is 0 Å². The summed E-state index contributed by atoms with van der Waals surface area (Å²) in [5.74, 6) is 0. The lowest BCUT2D eigenvalue weighted by Gasteiger charge is -2.23. The van der Waals surface area contributed by atoms with Crippen molar-refractivity contribution >= 4 is 0 Å². The van der Waals surface area contributed by atoms with Gasteiger partial charge in [-0.3, -0.25) is 0 Å². The van der Waals surface area contributed by atoms with Crippen LogP contribution in [0, 0.1) is 6.61 Å². The molecule has 0 bridgehead atoms. The zero-order chi connectivity index (χ0) is 8.74. The topological polar surface area (TPSA) is 18.5 Å². The first-order chi connectivity index (χ1) is 5.12. The van der Waals surface area contributed by atoms with Gasteiger partial charge in [-0.1, -0.05) is 0 Å². The molecule has 0 aliphatic rings. The van der Waals surface area contributed by atoms with Crippen molar-refractivity contribution in [2.75, 3.05) is 13.2 Å². The van der Waals surface area contributed by atoms with E-state index in [1.807, 2.05) is 20.5 Å². The van der Waals surface area contributed by atoms with Gasteiger partial charge < -0.3 is 9.47 Å². The Bertz CT molecular complexity index is 89.6. The van der Waals surface area contributed by atoms with E-state index in [0.29, 0.717) is 0 Å². The molecule has 2 nitrogen and oxygen atoms in total. The fourth-order valence-corrected chi connectivity index (χ4v) is 0.827. The van der Waals surface area contributed by atoms with Gasteiger partial charge in [-0.05, 0) is 27.7 Å². The van der Waals surface area contributed by atoms with Gasteiger partial charge in [-0.25, -0.2) is 0 Å². The highest BCUT2D eigenvalue weighted by Crippen LogP contribution is 2.15. The lowest BCUT2D eigenvalue weighted by Crippen LogP contribution is -2.24. The van der Waals surface area contributed by atoms with E-state index in [-0.39, 0.29) is 5.60 Å². The monoisotopic (exact) mass is 159 g/mol. The van der Waals surface area contributed by atoms with E-state index < -0.39 is 0 Å². The largest absolute Gasteiger partial charge is 0.376 e. The van der Waals surface area contributed by atoms with E-state index in [0.717, 1.165) is 19.6 Å². The van der Waals surface area contributed by atoms with Crippen LogP contribution >= 0.6 is 0 Å². The van der Waals surface area contributed by atoms with E-state index in [1.54, 1.807) is 0 Å². The maximum Gasteiger partial charge on any atom is 0.0864 e. The van der Waals surface area contributed by atoms with Gasteiger partial charge in [0.15, 0.2) is 0 Å². The van der Waals surface area contributed by atoms with E-state index >= 15 is 0 Å². The molecule has 0 unspecified atom stereocenters. The van der Waals surface area contributed by atoms with E-state index in [2.05, 4.69) is 13.8 Å². The summed E-state index contributed by atoms with van der Waals surface area (Å²) in [4.78, 5) is 0. The molecule has 0 saturated carbocycles. The molecule has 0 aromatic heterocycles. The van der Waals surface area contributed by atoms with Crippen LogP contribution < -0.4 is 0 Å². The second-order valence-corrected chi connectivity index (χ2v) is 3.02. The molecule has 0 atom stereocenters. The molecule has 0 saturated heterocycles. The first kappa shape index (κ1) is 10.9. The molecule has 0 aromatic rings. The van der Waals surface area contributed by atoms with Crippen LogP contribution in [0.5, 0.6) is 0 Å². The summed E-state index contributed by atoms with van der Waals surface area (Å²) in [6.45, 7) is 11.4.